The summed E-state index contributed by atoms with van der Waals surface area (Å²) in [5, 5.41) is 3.51. The van der Waals surface area contributed by atoms with Gasteiger partial charge < -0.3 is 10.2 Å². The van der Waals surface area contributed by atoms with E-state index in [1.165, 1.54) is 24.0 Å². The maximum Gasteiger partial charge on any atom is 0.230 e. The van der Waals surface area contributed by atoms with Gasteiger partial charge in [0.15, 0.2) is 0 Å². The molecule has 1 unspecified atom stereocenters. The molecule has 1 aliphatic carbocycles. The molecule has 3 atom stereocenters. The second-order valence-corrected chi connectivity index (χ2v) is 7.22. The average Bonchev–Trinajstić information content (AvgIpc) is 2.92. The summed E-state index contributed by atoms with van der Waals surface area (Å²) in [5.41, 5.74) is 2.69. The summed E-state index contributed by atoms with van der Waals surface area (Å²) in [7, 11) is 0. The first-order valence-corrected chi connectivity index (χ1v) is 8.90. The molecule has 0 aromatic heterocycles. The van der Waals surface area contributed by atoms with Crippen molar-refractivity contribution in [3.05, 3.63) is 35.4 Å². The number of aryl methyl sites for hydroxylation is 1. The zero-order valence-corrected chi connectivity index (χ0v) is 14.5. The number of nitrogens with one attached hydrogen (secondary N) is 1. The van der Waals surface area contributed by atoms with Crippen LogP contribution in [0.2, 0.25) is 0 Å². The van der Waals surface area contributed by atoms with Crippen LogP contribution in [0.25, 0.3) is 0 Å². The molecular formula is C19H27ClN2O. The number of likely N-dealkylation sites (tertiary alicyclic amines) is 1. The second kappa shape index (κ2) is 7.23. The van der Waals surface area contributed by atoms with Gasteiger partial charge in [0.2, 0.25) is 5.91 Å². The van der Waals surface area contributed by atoms with E-state index < -0.39 is 0 Å². The highest BCUT2D eigenvalue weighted by molar-refractivity contribution is 5.85. The van der Waals surface area contributed by atoms with E-state index in [4.69, 9.17) is 0 Å². The van der Waals surface area contributed by atoms with Crippen LogP contribution in [0.4, 0.5) is 0 Å². The molecule has 1 aromatic rings. The lowest BCUT2D eigenvalue weighted by Crippen LogP contribution is -2.37. The summed E-state index contributed by atoms with van der Waals surface area (Å²) < 4.78 is 0. The third-order valence-corrected chi connectivity index (χ3v) is 6.00. The number of hydrogen-bond donors (Lipinski definition) is 1. The van der Waals surface area contributed by atoms with Crippen molar-refractivity contribution in [2.24, 2.45) is 11.8 Å². The first kappa shape index (κ1) is 16.8. The van der Waals surface area contributed by atoms with Crippen LogP contribution >= 0.6 is 12.4 Å². The van der Waals surface area contributed by atoms with Gasteiger partial charge in [-0.15, -0.1) is 12.4 Å². The molecular weight excluding hydrogens is 308 g/mol. The summed E-state index contributed by atoms with van der Waals surface area (Å²) in [4.78, 5) is 15.3. The van der Waals surface area contributed by atoms with Gasteiger partial charge in [0.1, 0.15) is 0 Å². The summed E-state index contributed by atoms with van der Waals surface area (Å²) in [6.07, 6.45) is 5.67. The van der Waals surface area contributed by atoms with Crippen LogP contribution in [-0.4, -0.2) is 37.0 Å². The zero-order valence-electron chi connectivity index (χ0n) is 13.7. The first-order chi connectivity index (χ1) is 10.8. The Bertz CT molecular complexity index is 548. The smallest absolute Gasteiger partial charge is 0.230 e. The molecule has 0 bridgehead atoms. The molecule has 0 radical (unpaired) electrons. The Labute approximate surface area is 145 Å². The molecule has 0 spiro atoms. The summed E-state index contributed by atoms with van der Waals surface area (Å²) in [6, 6.07) is 8.57. The minimum absolute atomic E-state index is 0. The van der Waals surface area contributed by atoms with E-state index in [0.717, 1.165) is 57.3 Å². The quantitative estimate of drug-likeness (QED) is 0.856. The third-order valence-electron chi connectivity index (χ3n) is 6.00. The molecule has 2 fully saturated rings. The standard InChI is InChI=1S/C19H26N2O.ClH/c22-19(18-7-3-5-14-4-1-2-6-17(14)18)21-10-8-15-12-20-13-16(15)9-11-21;/h1-2,4,6,15-16,18,20H,3,5,7-13H2;1H/t15-,16+,18?;. The molecule has 2 aliphatic heterocycles. The van der Waals surface area contributed by atoms with E-state index >= 15 is 0 Å². The van der Waals surface area contributed by atoms with Crippen LogP contribution in [0, 0.1) is 11.8 Å². The van der Waals surface area contributed by atoms with Gasteiger partial charge in [0.25, 0.3) is 0 Å². The molecule has 1 aromatic carbocycles. The van der Waals surface area contributed by atoms with Gasteiger partial charge in [-0.3, -0.25) is 4.79 Å². The Hall–Kier alpha value is -1.06. The molecule has 4 rings (SSSR count). The topological polar surface area (TPSA) is 32.3 Å². The Morgan fingerprint density at radius 2 is 1.74 bits per heavy atom. The van der Waals surface area contributed by atoms with Gasteiger partial charge in [0, 0.05) is 13.1 Å². The number of hydrogen-bond acceptors (Lipinski definition) is 2. The van der Waals surface area contributed by atoms with Gasteiger partial charge in [0.05, 0.1) is 5.92 Å². The molecule has 3 aliphatic rings. The van der Waals surface area contributed by atoms with Crippen molar-refractivity contribution in [1.29, 1.82) is 0 Å². The summed E-state index contributed by atoms with van der Waals surface area (Å²) >= 11 is 0. The van der Waals surface area contributed by atoms with E-state index in [2.05, 4.69) is 34.5 Å². The van der Waals surface area contributed by atoms with E-state index in [-0.39, 0.29) is 18.3 Å². The Morgan fingerprint density at radius 1 is 1.04 bits per heavy atom. The fourth-order valence-electron chi connectivity index (χ4n) is 4.67. The van der Waals surface area contributed by atoms with Crippen molar-refractivity contribution in [1.82, 2.24) is 10.2 Å². The number of amides is 1. The minimum Gasteiger partial charge on any atom is -0.342 e. The molecule has 0 saturated carbocycles. The van der Waals surface area contributed by atoms with Gasteiger partial charge in [-0.25, -0.2) is 0 Å². The van der Waals surface area contributed by atoms with E-state index in [1.54, 1.807) is 0 Å². The molecule has 4 heteroatoms. The largest absolute Gasteiger partial charge is 0.342 e. The van der Waals surface area contributed by atoms with E-state index in [0.29, 0.717) is 5.91 Å². The van der Waals surface area contributed by atoms with Gasteiger partial charge in [-0.05, 0) is 68.2 Å². The predicted octanol–water partition coefficient (Wildman–Crippen LogP) is 2.99. The molecule has 2 heterocycles. The molecule has 126 valence electrons. The van der Waals surface area contributed by atoms with Crippen molar-refractivity contribution in [2.45, 2.75) is 38.0 Å². The fourth-order valence-corrected chi connectivity index (χ4v) is 4.67. The normalized spacial score (nSPS) is 29.9. The predicted molar refractivity (Wildman–Crippen MR) is 95.0 cm³/mol. The lowest BCUT2D eigenvalue weighted by atomic mass is 9.82. The van der Waals surface area contributed by atoms with Crippen LogP contribution in [0.15, 0.2) is 24.3 Å². The lowest BCUT2D eigenvalue weighted by Gasteiger charge is -2.30. The maximum atomic E-state index is 13.1. The van der Waals surface area contributed by atoms with Crippen LogP contribution in [-0.2, 0) is 11.2 Å². The van der Waals surface area contributed by atoms with E-state index in [1.807, 2.05) is 0 Å². The monoisotopic (exact) mass is 334 g/mol. The molecule has 2 saturated heterocycles. The number of carbonyl (C=O) groups is 1. The third kappa shape index (κ3) is 3.27. The molecule has 3 nitrogen and oxygen atoms in total. The number of carbonyl (C=O) groups excluding carboxylic acids is 1. The molecule has 23 heavy (non-hydrogen) atoms. The maximum absolute atomic E-state index is 13.1. The van der Waals surface area contributed by atoms with Gasteiger partial charge in [-0.2, -0.15) is 0 Å². The zero-order chi connectivity index (χ0) is 14.9. The van der Waals surface area contributed by atoms with Crippen molar-refractivity contribution >= 4 is 18.3 Å². The molecule has 1 amide bonds. The highest BCUT2D eigenvalue weighted by Gasteiger charge is 2.34. The first-order valence-electron chi connectivity index (χ1n) is 8.90. The van der Waals surface area contributed by atoms with Crippen LogP contribution in [0.3, 0.4) is 0 Å². The van der Waals surface area contributed by atoms with Gasteiger partial charge >= 0.3 is 0 Å². The van der Waals surface area contributed by atoms with Crippen molar-refractivity contribution < 1.29 is 4.79 Å². The summed E-state index contributed by atoms with van der Waals surface area (Å²) in [5.74, 6) is 2.08. The Balaban J connectivity index is 0.00000156. The number of nitrogens with zero attached hydrogens (tertiary/aromatic N) is 1. The minimum atomic E-state index is 0. The van der Waals surface area contributed by atoms with Gasteiger partial charge in [-0.1, -0.05) is 24.3 Å². The SMILES string of the molecule is Cl.O=C(C1CCCc2ccccc21)N1CC[C@@H]2CNC[C@@H]2CC1. The second-order valence-electron chi connectivity index (χ2n) is 7.22. The van der Waals surface area contributed by atoms with Crippen molar-refractivity contribution in [3.63, 3.8) is 0 Å². The Morgan fingerprint density at radius 3 is 2.48 bits per heavy atom. The molecule has 1 N–H and O–H groups in total. The van der Waals surface area contributed by atoms with Crippen LogP contribution in [0.5, 0.6) is 0 Å². The average molecular weight is 335 g/mol. The highest BCUT2D eigenvalue weighted by atomic mass is 35.5. The fraction of sp³-hybridized carbons (Fsp3) is 0.632. The van der Waals surface area contributed by atoms with E-state index in [9.17, 15) is 4.79 Å². The van der Waals surface area contributed by atoms with Crippen molar-refractivity contribution in [2.75, 3.05) is 26.2 Å². The van der Waals surface area contributed by atoms with Crippen molar-refractivity contribution in [3.8, 4) is 0 Å². The van der Waals surface area contributed by atoms with Crippen LogP contribution in [0.1, 0.15) is 42.7 Å². The highest BCUT2D eigenvalue weighted by Crippen LogP contribution is 2.34. The number of halogens is 1. The summed E-state index contributed by atoms with van der Waals surface area (Å²) in [6.45, 7) is 4.22. The number of benzene rings is 1. The number of rotatable bonds is 1. The number of fused-ring (bicyclic) bond motifs is 2. The lowest BCUT2D eigenvalue weighted by molar-refractivity contribution is -0.133. The van der Waals surface area contributed by atoms with Crippen LogP contribution < -0.4 is 5.32 Å². The Kier molecular flexibility index (Phi) is 5.27.